The van der Waals surface area contributed by atoms with Gasteiger partial charge in [0, 0.05) is 5.69 Å². The van der Waals surface area contributed by atoms with E-state index in [0.29, 0.717) is 0 Å². The van der Waals surface area contributed by atoms with E-state index in [2.05, 4.69) is 5.32 Å². The molecule has 2 rings (SSSR count). The number of halogens is 1. The summed E-state index contributed by atoms with van der Waals surface area (Å²) < 4.78 is 13.0. The van der Waals surface area contributed by atoms with Crippen LogP contribution in [0.4, 0.5) is 21.5 Å². The van der Waals surface area contributed by atoms with Crippen LogP contribution in [0.5, 0.6) is 0 Å². The molecule has 0 aromatic heterocycles. The van der Waals surface area contributed by atoms with Gasteiger partial charge < -0.3 is 11.1 Å². The van der Waals surface area contributed by atoms with Crippen molar-refractivity contribution in [2.45, 2.75) is 6.92 Å². The molecule has 108 valence electrons. The zero-order valence-electron chi connectivity index (χ0n) is 11.1. The maximum absolute atomic E-state index is 13.0. The summed E-state index contributed by atoms with van der Waals surface area (Å²) in [5.41, 5.74) is 6.38. The fourth-order valence-electron chi connectivity index (χ4n) is 1.82. The van der Waals surface area contributed by atoms with Crippen LogP contribution in [0.15, 0.2) is 36.4 Å². The third-order valence-electron chi connectivity index (χ3n) is 2.86. The van der Waals surface area contributed by atoms with E-state index < -0.39 is 22.3 Å². The lowest BCUT2D eigenvalue weighted by atomic mass is 10.1. The van der Waals surface area contributed by atoms with Gasteiger partial charge in [-0.3, -0.25) is 14.9 Å². The highest BCUT2D eigenvalue weighted by molar-refractivity contribution is 6.08. The second-order valence-corrected chi connectivity index (χ2v) is 4.46. The number of benzene rings is 2. The molecule has 0 bridgehead atoms. The van der Waals surface area contributed by atoms with Gasteiger partial charge >= 0.3 is 0 Å². The largest absolute Gasteiger partial charge is 0.398 e. The van der Waals surface area contributed by atoms with E-state index in [4.69, 9.17) is 5.73 Å². The highest BCUT2D eigenvalue weighted by Crippen LogP contribution is 2.26. The predicted octanol–water partition coefficient (Wildman–Crippen LogP) is 2.88. The quantitative estimate of drug-likeness (QED) is 0.515. The molecule has 0 atom stereocenters. The lowest BCUT2D eigenvalue weighted by Crippen LogP contribution is -2.15. The number of nitrogens with two attached hydrogens (primary N) is 1. The molecule has 21 heavy (non-hydrogen) atoms. The number of hydrogen-bond donors (Lipinski definition) is 2. The van der Waals surface area contributed by atoms with Crippen LogP contribution in [0.1, 0.15) is 15.9 Å². The van der Waals surface area contributed by atoms with Gasteiger partial charge in [0.25, 0.3) is 11.6 Å². The average molecular weight is 289 g/mol. The van der Waals surface area contributed by atoms with E-state index in [0.717, 1.165) is 23.8 Å². The molecule has 7 heteroatoms. The second-order valence-electron chi connectivity index (χ2n) is 4.46. The molecule has 0 aliphatic carbocycles. The van der Waals surface area contributed by atoms with Crippen molar-refractivity contribution in [3.05, 3.63) is 63.5 Å². The molecule has 2 aromatic rings. The first-order valence-electron chi connectivity index (χ1n) is 6.00. The topological polar surface area (TPSA) is 98.3 Å². The third-order valence-corrected chi connectivity index (χ3v) is 2.86. The van der Waals surface area contributed by atoms with Crippen molar-refractivity contribution in [2.75, 3.05) is 11.1 Å². The molecule has 1 amide bonds. The maximum Gasteiger partial charge on any atom is 0.295 e. The number of carbonyl (C=O) groups excluding carboxylic acids is 1. The Morgan fingerprint density at radius 3 is 2.67 bits per heavy atom. The van der Waals surface area contributed by atoms with Crippen molar-refractivity contribution in [1.82, 2.24) is 0 Å². The van der Waals surface area contributed by atoms with Gasteiger partial charge in [0.15, 0.2) is 0 Å². The van der Waals surface area contributed by atoms with E-state index in [1.807, 2.05) is 0 Å². The van der Waals surface area contributed by atoms with Gasteiger partial charge in [0.1, 0.15) is 11.5 Å². The van der Waals surface area contributed by atoms with E-state index in [1.54, 1.807) is 25.1 Å². The number of anilines is 2. The molecule has 0 unspecified atom stereocenters. The summed E-state index contributed by atoms with van der Waals surface area (Å²) >= 11 is 0. The number of nitrogens with zero attached hydrogens (tertiary/aromatic N) is 1. The van der Waals surface area contributed by atoms with E-state index in [-0.39, 0.29) is 16.9 Å². The SMILES string of the molecule is Cc1ccc(N)c(C(=O)Nc2ccc(F)cc2[N+](=O)[O-])c1. The Balaban J connectivity index is 2.36. The van der Waals surface area contributed by atoms with Crippen LogP contribution in [0.25, 0.3) is 0 Å². The maximum atomic E-state index is 13.0. The number of nitrogen functional groups attached to an aromatic ring is 1. The van der Waals surface area contributed by atoms with Crippen LogP contribution in [-0.2, 0) is 0 Å². The lowest BCUT2D eigenvalue weighted by molar-refractivity contribution is -0.384. The van der Waals surface area contributed by atoms with Crippen LogP contribution >= 0.6 is 0 Å². The van der Waals surface area contributed by atoms with Crippen molar-refractivity contribution in [2.24, 2.45) is 0 Å². The van der Waals surface area contributed by atoms with Gasteiger partial charge in [-0.1, -0.05) is 11.6 Å². The highest BCUT2D eigenvalue weighted by Gasteiger charge is 2.18. The van der Waals surface area contributed by atoms with Crippen molar-refractivity contribution < 1.29 is 14.1 Å². The molecule has 0 heterocycles. The molecular weight excluding hydrogens is 277 g/mol. The number of hydrogen-bond acceptors (Lipinski definition) is 4. The van der Waals surface area contributed by atoms with E-state index in [9.17, 15) is 19.3 Å². The summed E-state index contributed by atoms with van der Waals surface area (Å²) in [7, 11) is 0. The minimum Gasteiger partial charge on any atom is -0.398 e. The van der Waals surface area contributed by atoms with Crippen molar-refractivity contribution in [1.29, 1.82) is 0 Å². The molecule has 0 fully saturated rings. The molecule has 0 aliphatic heterocycles. The Morgan fingerprint density at radius 1 is 1.29 bits per heavy atom. The summed E-state index contributed by atoms with van der Waals surface area (Å²) in [4.78, 5) is 22.2. The summed E-state index contributed by atoms with van der Waals surface area (Å²) in [6.07, 6.45) is 0. The number of aryl methyl sites for hydroxylation is 1. The Hall–Kier alpha value is -2.96. The summed E-state index contributed by atoms with van der Waals surface area (Å²) in [6.45, 7) is 1.79. The predicted molar refractivity (Wildman–Crippen MR) is 76.6 cm³/mol. The Labute approximate surface area is 119 Å². The minimum absolute atomic E-state index is 0.0905. The number of nitro benzene ring substituents is 1. The standard InChI is InChI=1S/C14H12FN3O3/c1-8-2-4-11(16)10(6-8)14(19)17-12-5-3-9(15)7-13(12)18(20)21/h2-7H,16H2,1H3,(H,17,19). The molecule has 0 saturated carbocycles. The summed E-state index contributed by atoms with van der Waals surface area (Å²) in [5.74, 6) is -1.35. The van der Waals surface area contributed by atoms with Gasteiger partial charge in [-0.15, -0.1) is 0 Å². The molecule has 3 N–H and O–H groups in total. The van der Waals surface area contributed by atoms with Crippen LogP contribution in [0.2, 0.25) is 0 Å². The van der Waals surface area contributed by atoms with Crippen molar-refractivity contribution >= 4 is 23.0 Å². The van der Waals surface area contributed by atoms with E-state index in [1.165, 1.54) is 0 Å². The molecule has 6 nitrogen and oxygen atoms in total. The van der Waals surface area contributed by atoms with Gasteiger partial charge in [-0.25, -0.2) is 4.39 Å². The van der Waals surface area contributed by atoms with Crippen LogP contribution in [0.3, 0.4) is 0 Å². The first kappa shape index (κ1) is 14.4. The first-order valence-corrected chi connectivity index (χ1v) is 6.00. The Kier molecular flexibility index (Phi) is 3.84. The lowest BCUT2D eigenvalue weighted by Gasteiger charge is -2.09. The smallest absolute Gasteiger partial charge is 0.295 e. The molecular formula is C14H12FN3O3. The number of nitro groups is 1. The monoisotopic (exact) mass is 289 g/mol. The van der Waals surface area contributed by atoms with Gasteiger partial charge in [0.05, 0.1) is 16.6 Å². The normalized spacial score (nSPS) is 10.2. The molecule has 0 saturated heterocycles. The van der Waals surface area contributed by atoms with Gasteiger partial charge in [-0.05, 0) is 31.2 Å². The number of amides is 1. The number of nitrogens with one attached hydrogen (secondary N) is 1. The molecule has 0 spiro atoms. The average Bonchev–Trinajstić information content (AvgIpc) is 2.43. The minimum atomic E-state index is -0.766. The second kappa shape index (κ2) is 5.58. The first-order chi connectivity index (χ1) is 9.88. The van der Waals surface area contributed by atoms with Crippen LogP contribution in [0, 0.1) is 22.9 Å². The highest BCUT2D eigenvalue weighted by atomic mass is 19.1. The van der Waals surface area contributed by atoms with Crippen molar-refractivity contribution in [3.63, 3.8) is 0 Å². The van der Waals surface area contributed by atoms with Crippen LogP contribution in [-0.4, -0.2) is 10.8 Å². The Bertz CT molecular complexity index is 731. The van der Waals surface area contributed by atoms with Gasteiger partial charge in [-0.2, -0.15) is 0 Å². The number of rotatable bonds is 3. The Morgan fingerprint density at radius 2 is 2.00 bits per heavy atom. The van der Waals surface area contributed by atoms with Gasteiger partial charge in [0.2, 0.25) is 0 Å². The zero-order valence-corrected chi connectivity index (χ0v) is 11.1. The molecule has 0 aliphatic rings. The summed E-state index contributed by atoms with van der Waals surface area (Å²) in [6, 6.07) is 7.80. The fraction of sp³-hybridized carbons (Fsp3) is 0.0714. The van der Waals surface area contributed by atoms with Crippen LogP contribution < -0.4 is 11.1 Å². The third kappa shape index (κ3) is 3.14. The van der Waals surface area contributed by atoms with E-state index >= 15 is 0 Å². The van der Waals surface area contributed by atoms with Crippen molar-refractivity contribution in [3.8, 4) is 0 Å². The fourth-order valence-corrected chi connectivity index (χ4v) is 1.82. The molecule has 0 radical (unpaired) electrons. The summed E-state index contributed by atoms with van der Waals surface area (Å²) in [5, 5.41) is 13.3. The molecule has 2 aromatic carbocycles. The zero-order chi connectivity index (χ0) is 15.6. The number of carbonyl (C=O) groups is 1.